The summed E-state index contributed by atoms with van der Waals surface area (Å²) in [6, 6.07) is 14.1. The highest BCUT2D eigenvalue weighted by atomic mass is 16.6. The Kier molecular flexibility index (Phi) is 7.74. The van der Waals surface area contributed by atoms with Crippen molar-refractivity contribution < 1.29 is 24.0 Å². The van der Waals surface area contributed by atoms with Crippen LogP contribution in [0.4, 0.5) is 10.5 Å². The number of nitrogens with zero attached hydrogens (tertiary/aromatic N) is 3. The Morgan fingerprint density at radius 1 is 1.00 bits per heavy atom. The maximum Gasteiger partial charge on any atom is 0.409 e. The molecule has 33 heavy (non-hydrogen) atoms. The third kappa shape index (κ3) is 6.16. The fourth-order valence-electron chi connectivity index (χ4n) is 3.27. The lowest BCUT2D eigenvalue weighted by molar-refractivity contribution is -0.384. The van der Waals surface area contributed by atoms with E-state index in [0.717, 1.165) is 0 Å². The number of carbonyl (C=O) groups excluding carboxylic acids is 3. The second-order valence-electron chi connectivity index (χ2n) is 7.20. The molecule has 0 aromatic heterocycles. The normalized spacial score (nSPS) is 13.9. The summed E-state index contributed by atoms with van der Waals surface area (Å²) in [4.78, 5) is 51.3. The largest absolute Gasteiger partial charge is 0.450 e. The van der Waals surface area contributed by atoms with Crippen molar-refractivity contribution in [2.75, 3.05) is 32.8 Å². The van der Waals surface area contributed by atoms with E-state index in [1.807, 2.05) is 0 Å². The minimum atomic E-state index is -0.514. The molecular weight excluding hydrogens is 428 g/mol. The monoisotopic (exact) mass is 452 g/mol. The fourth-order valence-corrected chi connectivity index (χ4v) is 3.27. The number of hydrogen-bond acceptors (Lipinski definition) is 6. The van der Waals surface area contributed by atoms with Gasteiger partial charge in [-0.15, -0.1) is 0 Å². The van der Waals surface area contributed by atoms with Crippen LogP contribution in [0.3, 0.4) is 0 Å². The molecule has 10 nitrogen and oxygen atoms in total. The highest BCUT2D eigenvalue weighted by Gasteiger charge is 2.27. The van der Waals surface area contributed by atoms with Crippen LogP contribution in [-0.4, -0.2) is 65.4 Å². The number of carbonyl (C=O) groups is 3. The summed E-state index contributed by atoms with van der Waals surface area (Å²) in [5.74, 6) is -0.872. The number of nitrogens with one attached hydrogen (secondary N) is 1. The van der Waals surface area contributed by atoms with E-state index in [2.05, 4.69) is 5.32 Å². The van der Waals surface area contributed by atoms with Crippen LogP contribution < -0.4 is 5.32 Å². The maximum atomic E-state index is 13.2. The number of ether oxygens (including phenoxy) is 1. The van der Waals surface area contributed by atoms with Crippen molar-refractivity contribution in [2.45, 2.75) is 6.92 Å². The zero-order valence-corrected chi connectivity index (χ0v) is 18.1. The van der Waals surface area contributed by atoms with Crippen molar-refractivity contribution in [3.05, 3.63) is 81.5 Å². The van der Waals surface area contributed by atoms with Crippen LogP contribution in [-0.2, 0) is 9.53 Å². The molecule has 0 bridgehead atoms. The quantitative estimate of drug-likeness (QED) is 0.408. The van der Waals surface area contributed by atoms with Gasteiger partial charge in [0.25, 0.3) is 17.5 Å². The van der Waals surface area contributed by atoms with Crippen molar-refractivity contribution in [3.63, 3.8) is 0 Å². The number of amides is 3. The molecule has 1 aliphatic heterocycles. The molecule has 0 spiro atoms. The van der Waals surface area contributed by atoms with Gasteiger partial charge in [-0.2, -0.15) is 0 Å². The molecule has 1 aliphatic rings. The lowest BCUT2D eigenvalue weighted by Gasteiger charge is -2.34. The lowest BCUT2D eigenvalue weighted by Crippen LogP contribution is -2.52. The molecule has 3 rings (SSSR count). The standard InChI is InChI=1S/C23H24N4O6/c1-2-33-23(30)26-14-12-25(13-15-26)22(29)20(24-21(28)18-6-4-3-5-7-18)16-17-8-10-19(11-9-17)27(31)32/h3-11,16H,2,12-15H2,1H3,(H,24,28). The van der Waals surface area contributed by atoms with Gasteiger partial charge in [-0.3, -0.25) is 19.7 Å². The molecule has 1 fully saturated rings. The van der Waals surface area contributed by atoms with Gasteiger partial charge in [0.2, 0.25) is 0 Å². The topological polar surface area (TPSA) is 122 Å². The number of nitro groups is 1. The van der Waals surface area contributed by atoms with Crippen molar-refractivity contribution in [1.29, 1.82) is 0 Å². The van der Waals surface area contributed by atoms with E-state index in [0.29, 0.717) is 24.2 Å². The highest BCUT2D eigenvalue weighted by Crippen LogP contribution is 2.16. The van der Waals surface area contributed by atoms with Crippen LogP contribution in [0.2, 0.25) is 0 Å². The highest BCUT2D eigenvalue weighted by molar-refractivity contribution is 6.05. The van der Waals surface area contributed by atoms with E-state index in [4.69, 9.17) is 4.74 Å². The van der Waals surface area contributed by atoms with Gasteiger partial charge in [0.15, 0.2) is 0 Å². The maximum absolute atomic E-state index is 13.2. The number of piperazine rings is 1. The summed E-state index contributed by atoms with van der Waals surface area (Å²) < 4.78 is 5.00. The van der Waals surface area contributed by atoms with E-state index in [-0.39, 0.29) is 31.1 Å². The zero-order valence-electron chi connectivity index (χ0n) is 18.1. The number of benzene rings is 2. The SMILES string of the molecule is CCOC(=O)N1CCN(C(=O)C(=Cc2ccc([N+](=O)[O-])cc2)NC(=O)c2ccccc2)CC1. The average molecular weight is 452 g/mol. The first kappa shape index (κ1) is 23.5. The molecule has 1 saturated heterocycles. The summed E-state index contributed by atoms with van der Waals surface area (Å²) >= 11 is 0. The summed E-state index contributed by atoms with van der Waals surface area (Å²) in [5.41, 5.74) is 0.847. The first-order valence-corrected chi connectivity index (χ1v) is 10.4. The minimum Gasteiger partial charge on any atom is -0.450 e. The second-order valence-corrected chi connectivity index (χ2v) is 7.20. The van der Waals surface area contributed by atoms with E-state index in [1.165, 1.54) is 40.1 Å². The number of non-ortho nitro benzene ring substituents is 1. The van der Waals surface area contributed by atoms with Crippen LogP contribution in [0.25, 0.3) is 6.08 Å². The average Bonchev–Trinajstić information content (AvgIpc) is 2.84. The van der Waals surface area contributed by atoms with Crippen LogP contribution >= 0.6 is 0 Å². The molecule has 2 aromatic rings. The molecular formula is C23H24N4O6. The Bertz CT molecular complexity index is 1040. The molecule has 172 valence electrons. The van der Waals surface area contributed by atoms with Crippen molar-refractivity contribution in [1.82, 2.24) is 15.1 Å². The summed E-state index contributed by atoms with van der Waals surface area (Å²) in [6.45, 7) is 3.16. The molecule has 0 aliphatic carbocycles. The smallest absolute Gasteiger partial charge is 0.409 e. The molecule has 0 unspecified atom stereocenters. The van der Waals surface area contributed by atoms with Crippen LogP contribution in [0.5, 0.6) is 0 Å². The van der Waals surface area contributed by atoms with E-state index in [9.17, 15) is 24.5 Å². The van der Waals surface area contributed by atoms with Crippen molar-refractivity contribution in [3.8, 4) is 0 Å². The van der Waals surface area contributed by atoms with Gasteiger partial charge < -0.3 is 19.9 Å². The van der Waals surface area contributed by atoms with Gasteiger partial charge in [-0.05, 0) is 42.8 Å². The summed E-state index contributed by atoms with van der Waals surface area (Å²) in [7, 11) is 0. The van der Waals surface area contributed by atoms with Crippen LogP contribution in [0, 0.1) is 10.1 Å². The second kappa shape index (κ2) is 10.9. The van der Waals surface area contributed by atoms with Crippen LogP contribution in [0.1, 0.15) is 22.8 Å². The number of nitro benzene ring substituents is 1. The molecule has 1 heterocycles. The zero-order chi connectivity index (χ0) is 23.8. The van der Waals surface area contributed by atoms with Crippen LogP contribution in [0.15, 0.2) is 60.3 Å². The van der Waals surface area contributed by atoms with E-state index >= 15 is 0 Å². The molecule has 3 amide bonds. The first-order valence-electron chi connectivity index (χ1n) is 10.4. The van der Waals surface area contributed by atoms with E-state index in [1.54, 1.807) is 37.3 Å². The predicted octanol–water partition coefficient (Wildman–Crippen LogP) is 2.67. The summed E-state index contributed by atoms with van der Waals surface area (Å²) in [6.07, 6.45) is 1.05. The third-order valence-corrected chi connectivity index (χ3v) is 5.02. The number of rotatable bonds is 6. The van der Waals surface area contributed by atoms with Gasteiger partial charge in [-0.1, -0.05) is 18.2 Å². The Morgan fingerprint density at radius 3 is 2.18 bits per heavy atom. The van der Waals surface area contributed by atoms with Gasteiger partial charge in [0.1, 0.15) is 5.70 Å². The third-order valence-electron chi connectivity index (χ3n) is 5.02. The van der Waals surface area contributed by atoms with Gasteiger partial charge in [0.05, 0.1) is 11.5 Å². The fraction of sp³-hybridized carbons (Fsp3) is 0.261. The van der Waals surface area contributed by atoms with Gasteiger partial charge >= 0.3 is 6.09 Å². The van der Waals surface area contributed by atoms with Crippen molar-refractivity contribution >= 4 is 29.7 Å². The Morgan fingerprint density at radius 2 is 1.61 bits per heavy atom. The Balaban J connectivity index is 1.80. The molecule has 10 heteroatoms. The first-order chi connectivity index (χ1) is 15.9. The molecule has 2 aromatic carbocycles. The molecule has 0 radical (unpaired) electrons. The minimum absolute atomic E-state index is 0.0299. The Labute approximate surface area is 190 Å². The molecule has 0 saturated carbocycles. The predicted molar refractivity (Wildman–Crippen MR) is 120 cm³/mol. The molecule has 0 atom stereocenters. The van der Waals surface area contributed by atoms with E-state index < -0.39 is 22.8 Å². The van der Waals surface area contributed by atoms with Gasteiger partial charge in [0, 0.05) is 43.9 Å². The van der Waals surface area contributed by atoms with Gasteiger partial charge in [-0.25, -0.2) is 4.79 Å². The number of hydrogen-bond donors (Lipinski definition) is 1. The lowest BCUT2D eigenvalue weighted by atomic mass is 10.1. The molecule has 1 N–H and O–H groups in total. The van der Waals surface area contributed by atoms with Crippen molar-refractivity contribution in [2.24, 2.45) is 0 Å². The summed E-state index contributed by atoms with van der Waals surface area (Å²) in [5, 5.41) is 13.6. The Hall–Kier alpha value is -4.21.